The second kappa shape index (κ2) is 5.57. The average molecular weight is 261 g/mol. The Morgan fingerprint density at radius 3 is 2.35 bits per heavy atom. The standard InChI is InChI=1S/C18H15NO/c20-18(19-16-10-2-1-3-11-16)13-15-9-6-8-14-7-4-5-12-17(14)15/h1-12H,13H2,(H,19,20). The predicted molar refractivity (Wildman–Crippen MR) is 82.7 cm³/mol. The maximum absolute atomic E-state index is 12.1. The highest BCUT2D eigenvalue weighted by molar-refractivity contribution is 5.96. The Morgan fingerprint density at radius 2 is 1.50 bits per heavy atom. The van der Waals surface area contributed by atoms with Crippen molar-refractivity contribution in [3.8, 4) is 0 Å². The van der Waals surface area contributed by atoms with Gasteiger partial charge in [-0.2, -0.15) is 0 Å². The SMILES string of the molecule is O=C(Cc1cccc2ccccc12)Nc1ccccc1. The molecule has 2 nitrogen and oxygen atoms in total. The van der Waals surface area contributed by atoms with Crippen molar-refractivity contribution in [1.29, 1.82) is 0 Å². The van der Waals surface area contributed by atoms with Crippen molar-refractivity contribution >= 4 is 22.4 Å². The summed E-state index contributed by atoms with van der Waals surface area (Å²) in [5.41, 5.74) is 1.88. The molecule has 0 radical (unpaired) electrons. The van der Waals surface area contributed by atoms with Gasteiger partial charge in [-0.15, -0.1) is 0 Å². The summed E-state index contributed by atoms with van der Waals surface area (Å²) in [6.07, 6.45) is 0.385. The minimum absolute atomic E-state index is 0.00699. The Kier molecular flexibility index (Phi) is 3.46. The molecule has 1 amide bonds. The van der Waals surface area contributed by atoms with E-state index in [1.165, 1.54) is 0 Å². The third-order valence-electron chi connectivity index (χ3n) is 3.29. The number of benzene rings is 3. The number of hydrogen-bond donors (Lipinski definition) is 1. The van der Waals surface area contributed by atoms with Crippen LogP contribution in [0.25, 0.3) is 10.8 Å². The molecule has 20 heavy (non-hydrogen) atoms. The quantitative estimate of drug-likeness (QED) is 0.758. The fourth-order valence-electron chi connectivity index (χ4n) is 2.35. The first-order chi connectivity index (χ1) is 9.83. The summed E-state index contributed by atoms with van der Waals surface area (Å²) in [5.74, 6) is 0.00699. The number of carbonyl (C=O) groups excluding carboxylic acids is 1. The van der Waals surface area contributed by atoms with Crippen LogP contribution in [0.1, 0.15) is 5.56 Å². The van der Waals surface area contributed by atoms with Gasteiger partial charge in [-0.05, 0) is 28.5 Å². The van der Waals surface area contributed by atoms with E-state index in [0.717, 1.165) is 22.0 Å². The second-order valence-electron chi connectivity index (χ2n) is 4.73. The molecule has 98 valence electrons. The largest absolute Gasteiger partial charge is 0.326 e. The molecule has 0 aromatic heterocycles. The Bertz CT molecular complexity index is 729. The van der Waals surface area contributed by atoms with E-state index < -0.39 is 0 Å². The monoisotopic (exact) mass is 261 g/mol. The summed E-state index contributed by atoms with van der Waals surface area (Å²) < 4.78 is 0. The van der Waals surface area contributed by atoms with Crippen molar-refractivity contribution < 1.29 is 4.79 Å². The van der Waals surface area contributed by atoms with Crippen LogP contribution in [0.5, 0.6) is 0 Å². The van der Waals surface area contributed by atoms with Crippen molar-refractivity contribution in [2.75, 3.05) is 5.32 Å². The van der Waals surface area contributed by atoms with Crippen LogP contribution >= 0.6 is 0 Å². The molecule has 3 aromatic carbocycles. The van der Waals surface area contributed by atoms with Crippen LogP contribution in [0.2, 0.25) is 0 Å². The maximum Gasteiger partial charge on any atom is 0.228 e. The van der Waals surface area contributed by atoms with Crippen molar-refractivity contribution in [3.63, 3.8) is 0 Å². The molecule has 0 saturated heterocycles. The predicted octanol–water partition coefficient (Wildman–Crippen LogP) is 4.02. The van der Waals surface area contributed by atoms with Crippen LogP contribution < -0.4 is 5.32 Å². The lowest BCUT2D eigenvalue weighted by Gasteiger charge is -2.07. The highest BCUT2D eigenvalue weighted by atomic mass is 16.1. The molecule has 0 aliphatic carbocycles. The lowest BCUT2D eigenvalue weighted by atomic mass is 10.0. The van der Waals surface area contributed by atoms with Gasteiger partial charge in [-0.1, -0.05) is 60.7 Å². The maximum atomic E-state index is 12.1. The Labute approximate surface area is 118 Å². The number of hydrogen-bond acceptors (Lipinski definition) is 1. The zero-order valence-corrected chi connectivity index (χ0v) is 11.0. The highest BCUT2D eigenvalue weighted by Crippen LogP contribution is 2.19. The molecule has 0 unspecified atom stereocenters. The summed E-state index contributed by atoms with van der Waals surface area (Å²) in [6, 6.07) is 23.7. The molecule has 2 heteroatoms. The number of fused-ring (bicyclic) bond motifs is 1. The van der Waals surface area contributed by atoms with E-state index in [1.807, 2.05) is 54.6 Å². The number of anilines is 1. The van der Waals surface area contributed by atoms with E-state index >= 15 is 0 Å². The van der Waals surface area contributed by atoms with Gasteiger partial charge < -0.3 is 5.32 Å². The summed E-state index contributed by atoms with van der Waals surface area (Å²) >= 11 is 0. The number of rotatable bonds is 3. The van der Waals surface area contributed by atoms with Gasteiger partial charge in [-0.3, -0.25) is 4.79 Å². The molecule has 0 spiro atoms. The second-order valence-corrected chi connectivity index (χ2v) is 4.73. The van der Waals surface area contributed by atoms with Crippen LogP contribution in [0.3, 0.4) is 0 Å². The average Bonchev–Trinajstić information content (AvgIpc) is 2.48. The lowest BCUT2D eigenvalue weighted by molar-refractivity contribution is -0.115. The summed E-state index contributed by atoms with van der Waals surface area (Å²) in [5, 5.41) is 5.22. The van der Waals surface area contributed by atoms with E-state index in [2.05, 4.69) is 23.5 Å². The normalized spacial score (nSPS) is 10.4. The molecular formula is C18H15NO. The first kappa shape index (κ1) is 12.4. The van der Waals surface area contributed by atoms with Crippen molar-refractivity contribution in [3.05, 3.63) is 78.4 Å². The van der Waals surface area contributed by atoms with E-state index in [4.69, 9.17) is 0 Å². The number of carbonyl (C=O) groups is 1. The lowest BCUT2D eigenvalue weighted by Crippen LogP contribution is -2.14. The van der Waals surface area contributed by atoms with E-state index in [1.54, 1.807) is 0 Å². The van der Waals surface area contributed by atoms with Crippen molar-refractivity contribution in [1.82, 2.24) is 0 Å². The van der Waals surface area contributed by atoms with Gasteiger partial charge >= 0.3 is 0 Å². The third kappa shape index (κ3) is 2.69. The first-order valence-electron chi connectivity index (χ1n) is 6.64. The number of amides is 1. The zero-order chi connectivity index (χ0) is 13.8. The molecule has 0 bridgehead atoms. The van der Waals surface area contributed by atoms with Crippen molar-refractivity contribution in [2.24, 2.45) is 0 Å². The Morgan fingerprint density at radius 1 is 0.800 bits per heavy atom. The molecule has 3 rings (SSSR count). The van der Waals surface area contributed by atoms with Gasteiger partial charge in [0, 0.05) is 5.69 Å². The van der Waals surface area contributed by atoms with E-state index in [0.29, 0.717) is 6.42 Å². The van der Waals surface area contributed by atoms with Crippen LogP contribution in [0.4, 0.5) is 5.69 Å². The molecule has 0 aliphatic heterocycles. The minimum atomic E-state index is 0.00699. The van der Waals surface area contributed by atoms with Crippen LogP contribution in [0, 0.1) is 0 Å². The molecule has 0 fully saturated rings. The summed E-state index contributed by atoms with van der Waals surface area (Å²) in [6.45, 7) is 0. The van der Waals surface area contributed by atoms with Gasteiger partial charge in [0.15, 0.2) is 0 Å². The van der Waals surface area contributed by atoms with Crippen LogP contribution in [-0.2, 0) is 11.2 Å². The first-order valence-corrected chi connectivity index (χ1v) is 6.64. The summed E-state index contributed by atoms with van der Waals surface area (Å²) in [7, 11) is 0. The molecular weight excluding hydrogens is 246 g/mol. The fourth-order valence-corrected chi connectivity index (χ4v) is 2.35. The summed E-state index contributed by atoms with van der Waals surface area (Å²) in [4.78, 5) is 12.1. The third-order valence-corrected chi connectivity index (χ3v) is 3.29. The van der Waals surface area contributed by atoms with Gasteiger partial charge in [0.25, 0.3) is 0 Å². The molecule has 3 aromatic rings. The molecule has 0 aliphatic rings. The van der Waals surface area contributed by atoms with E-state index in [-0.39, 0.29) is 5.91 Å². The topological polar surface area (TPSA) is 29.1 Å². The Hall–Kier alpha value is -2.61. The van der Waals surface area contributed by atoms with Gasteiger partial charge in [0.05, 0.1) is 6.42 Å². The molecule has 0 atom stereocenters. The highest BCUT2D eigenvalue weighted by Gasteiger charge is 2.06. The molecule has 0 saturated carbocycles. The minimum Gasteiger partial charge on any atom is -0.326 e. The fraction of sp³-hybridized carbons (Fsp3) is 0.0556. The zero-order valence-electron chi connectivity index (χ0n) is 11.0. The van der Waals surface area contributed by atoms with Crippen LogP contribution in [0.15, 0.2) is 72.8 Å². The number of para-hydroxylation sites is 1. The number of nitrogens with one attached hydrogen (secondary N) is 1. The van der Waals surface area contributed by atoms with Gasteiger partial charge in [0.2, 0.25) is 5.91 Å². The molecule has 0 heterocycles. The Balaban J connectivity index is 1.81. The van der Waals surface area contributed by atoms with Crippen molar-refractivity contribution in [2.45, 2.75) is 6.42 Å². The molecule has 1 N–H and O–H groups in total. The van der Waals surface area contributed by atoms with Gasteiger partial charge in [-0.25, -0.2) is 0 Å². The van der Waals surface area contributed by atoms with Crippen LogP contribution in [-0.4, -0.2) is 5.91 Å². The van der Waals surface area contributed by atoms with E-state index in [9.17, 15) is 4.79 Å². The van der Waals surface area contributed by atoms with Gasteiger partial charge in [0.1, 0.15) is 0 Å². The smallest absolute Gasteiger partial charge is 0.228 e.